The van der Waals surface area contributed by atoms with Gasteiger partial charge >= 0.3 is 5.97 Å². The van der Waals surface area contributed by atoms with Gasteiger partial charge in [-0.1, -0.05) is 12.1 Å². The molecule has 5 rings (SSSR count). The van der Waals surface area contributed by atoms with Crippen molar-refractivity contribution in [2.24, 2.45) is 11.8 Å². The molecular weight excluding hydrogens is 615 g/mol. The molecule has 0 radical (unpaired) electrons. The predicted molar refractivity (Wildman–Crippen MR) is 184 cm³/mol. The second-order valence-electron chi connectivity index (χ2n) is 13.2. The van der Waals surface area contributed by atoms with Gasteiger partial charge in [0.15, 0.2) is 0 Å². The minimum Gasteiger partial charge on any atom is -0.465 e. The first-order chi connectivity index (χ1) is 23.3. The molecule has 2 aromatic carbocycles. The Hall–Kier alpha value is -2.86. The first-order valence-corrected chi connectivity index (χ1v) is 17.5. The smallest absolute Gasteiger partial charge is 0.337 e. The molecule has 10 heteroatoms. The minimum absolute atomic E-state index is 0.0453. The number of ether oxygens (including phenoxy) is 3. The fraction of sp³-hybridized carbons (Fsp3) is 0.605. The third kappa shape index (κ3) is 9.64. The first-order valence-electron chi connectivity index (χ1n) is 17.5. The molecule has 2 aliphatic rings. The van der Waals surface area contributed by atoms with Crippen LogP contribution in [0.25, 0.3) is 11.0 Å². The van der Waals surface area contributed by atoms with Gasteiger partial charge in [0.1, 0.15) is 11.4 Å². The number of carbonyl (C=O) groups is 1. The maximum atomic E-state index is 14.1. The highest BCUT2D eigenvalue weighted by Gasteiger charge is 2.41. The number of furan rings is 1. The molecule has 0 aliphatic carbocycles. The number of carbonyl (C=O) groups excluding carboxylic acids is 1. The molecule has 2 saturated heterocycles. The number of halogens is 1. The van der Waals surface area contributed by atoms with Gasteiger partial charge in [0, 0.05) is 63.3 Å². The third-order valence-electron chi connectivity index (χ3n) is 10.0. The van der Waals surface area contributed by atoms with Crippen LogP contribution in [0.2, 0.25) is 0 Å². The van der Waals surface area contributed by atoms with Crippen LogP contribution in [0.5, 0.6) is 0 Å². The largest absolute Gasteiger partial charge is 0.465 e. The molecule has 266 valence electrons. The Balaban J connectivity index is 0.000000217. The van der Waals surface area contributed by atoms with Crippen LogP contribution in [-0.2, 0) is 25.4 Å². The minimum atomic E-state index is -1.10. The summed E-state index contributed by atoms with van der Waals surface area (Å²) in [4.78, 5) is 11.8. The van der Waals surface area contributed by atoms with Crippen molar-refractivity contribution in [3.05, 3.63) is 71.2 Å². The second-order valence-corrected chi connectivity index (χ2v) is 13.2. The average Bonchev–Trinajstić information content (AvgIpc) is 3.60. The lowest BCUT2D eigenvalue weighted by Gasteiger charge is -2.39. The number of hydrogen-bond acceptors (Lipinski definition) is 9. The Labute approximate surface area is 284 Å². The van der Waals surface area contributed by atoms with Gasteiger partial charge in [-0.25, -0.2) is 9.18 Å². The van der Waals surface area contributed by atoms with Gasteiger partial charge in [-0.15, -0.1) is 0 Å². The molecule has 4 atom stereocenters. The Morgan fingerprint density at radius 3 is 2.08 bits per heavy atom. The van der Waals surface area contributed by atoms with Gasteiger partial charge in [0.05, 0.1) is 30.1 Å². The number of aliphatic hydroxyl groups is 2. The number of hydrogen-bond donors (Lipinski definition) is 4. The monoisotopic (exact) mass is 670 g/mol. The molecule has 0 spiro atoms. The fourth-order valence-electron chi connectivity index (χ4n) is 7.34. The van der Waals surface area contributed by atoms with Crippen molar-refractivity contribution in [2.75, 3.05) is 60.7 Å². The van der Waals surface area contributed by atoms with Crippen molar-refractivity contribution in [3.63, 3.8) is 0 Å². The third-order valence-corrected chi connectivity index (χ3v) is 10.0. The summed E-state index contributed by atoms with van der Waals surface area (Å²) < 4.78 is 34.8. The summed E-state index contributed by atoms with van der Waals surface area (Å²) in [6, 6.07) is 11.9. The molecule has 3 aromatic rings. The van der Waals surface area contributed by atoms with Crippen molar-refractivity contribution in [3.8, 4) is 0 Å². The molecule has 3 heterocycles. The van der Waals surface area contributed by atoms with E-state index in [4.69, 9.17) is 18.6 Å². The molecule has 9 nitrogen and oxygen atoms in total. The number of piperidine rings is 2. The highest BCUT2D eigenvalue weighted by atomic mass is 19.1. The van der Waals surface area contributed by atoms with Crippen LogP contribution in [0.1, 0.15) is 85.7 Å². The molecule has 2 fully saturated rings. The quantitative estimate of drug-likeness (QED) is 0.113. The Morgan fingerprint density at radius 2 is 1.50 bits per heavy atom. The van der Waals surface area contributed by atoms with Gasteiger partial charge in [0.2, 0.25) is 0 Å². The molecule has 2 unspecified atom stereocenters. The lowest BCUT2D eigenvalue weighted by Crippen LogP contribution is -2.44. The van der Waals surface area contributed by atoms with E-state index in [0.29, 0.717) is 48.2 Å². The van der Waals surface area contributed by atoms with Crippen molar-refractivity contribution in [2.45, 2.75) is 75.4 Å². The van der Waals surface area contributed by atoms with Crippen molar-refractivity contribution in [1.82, 2.24) is 10.6 Å². The van der Waals surface area contributed by atoms with Crippen LogP contribution in [0.15, 0.2) is 53.1 Å². The highest BCUT2D eigenvalue weighted by molar-refractivity contribution is 5.89. The maximum absolute atomic E-state index is 14.1. The fourth-order valence-corrected chi connectivity index (χ4v) is 7.34. The summed E-state index contributed by atoms with van der Waals surface area (Å²) in [7, 11) is 4.74. The van der Waals surface area contributed by atoms with Crippen LogP contribution in [0.3, 0.4) is 0 Å². The van der Waals surface area contributed by atoms with Crippen LogP contribution in [0.4, 0.5) is 4.39 Å². The van der Waals surface area contributed by atoms with Crippen LogP contribution in [-0.4, -0.2) is 76.9 Å². The maximum Gasteiger partial charge on any atom is 0.337 e. The zero-order valence-corrected chi connectivity index (χ0v) is 28.9. The van der Waals surface area contributed by atoms with Gasteiger partial charge in [-0.05, 0) is 113 Å². The van der Waals surface area contributed by atoms with E-state index in [1.807, 2.05) is 12.1 Å². The predicted octanol–water partition coefficient (Wildman–Crippen LogP) is 6.05. The Morgan fingerprint density at radius 1 is 0.875 bits per heavy atom. The summed E-state index contributed by atoms with van der Waals surface area (Å²) in [6.45, 7) is 4.86. The normalized spacial score (nSPS) is 20.7. The molecule has 4 N–H and O–H groups in total. The lowest BCUT2D eigenvalue weighted by atomic mass is 9.74. The summed E-state index contributed by atoms with van der Waals surface area (Å²) >= 11 is 0. The van der Waals surface area contributed by atoms with E-state index >= 15 is 0 Å². The van der Waals surface area contributed by atoms with E-state index < -0.39 is 11.2 Å². The van der Waals surface area contributed by atoms with E-state index in [-0.39, 0.29) is 23.6 Å². The molecule has 0 saturated carbocycles. The number of esters is 1. The molecule has 2 aliphatic heterocycles. The Bertz CT molecular complexity index is 1400. The van der Waals surface area contributed by atoms with Crippen molar-refractivity contribution >= 4 is 16.9 Å². The average molecular weight is 671 g/mol. The first kappa shape index (κ1) is 38.0. The van der Waals surface area contributed by atoms with E-state index in [1.54, 1.807) is 38.7 Å². The van der Waals surface area contributed by atoms with E-state index in [2.05, 4.69) is 10.6 Å². The van der Waals surface area contributed by atoms with E-state index in [9.17, 15) is 19.4 Å². The standard InChI is InChI=1S/C19H26FNO3.C19H29NO4/c1-23-9-3-2-7-19(22,15-5-4-8-21-13-15)17-12-16(20)11-14-6-10-24-18(14)17;1-23-12-4-3-10-19(22,17-9-6-11-20-14-17)16-8-5-7-15(13-16)18(21)24-2/h6,10-12,15,21-22H,2-5,7-9,13H2,1H3;5,7-8,13,17,20,22H,3-4,6,9-12,14H2,1-2H3/t15?,19-;17?,19-/m01/s1. The van der Waals surface area contributed by atoms with Gasteiger partial charge in [-0.3, -0.25) is 0 Å². The zero-order chi connectivity index (χ0) is 34.4. The summed E-state index contributed by atoms with van der Waals surface area (Å²) in [5.41, 5.74) is 0.417. The van der Waals surface area contributed by atoms with E-state index in [1.165, 1.54) is 19.2 Å². The van der Waals surface area contributed by atoms with Gasteiger partial charge in [0.25, 0.3) is 0 Å². The second kappa shape index (κ2) is 18.8. The SMILES string of the molecule is COCCCC[C@@](O)(c1cc(F)cc2ccoc12)C1CCCNC1.COCCCC[C@@](O)(c1cccc(C(=O)OC)c1)C1CCCNC1. The van der Waals surface area contributed by atoms with Crippen LogP contribution >= 0.6 is 0 Å². The lowest BCUT2D eigenvalue weighted by molar-refractivity contribution is -0.0436. The summed E-state index contributed by atoms with van der Waals surface area (Å²) in [6.07, 6.45) is 10.2. The zero-order valence-electron chi connectivity index (χ0n) is 28.9. The number of benzene rings is 2. The molecule has 0 amide bonds. The Kier molecular flexibility index (Phi) is 14.8. The summed E-state index contributed by atoms with van der Waals surface area (Å²) in [5.74, 6) is -0.524. The van der Waals surface area contributed by atoms with Crippen molar-refractivity contribution in [1.29, 1.82) is 0 Å². The number of methoxy groups -OCH3 is 3. The molecule has 0 bridgehead atoms. The number of nitrogens with one attached hydrogen (secondary N) is 2. The highest BCUT2D eigenvalue weighted by Crippen LogP contribution is 2.42. The van der Waals surface area contributed by atoms with E-state index in [0.717, 1.165) is 83.1 Å². The number of rotatable bonds is 15. The molecule has 1 aromatic heterocycles. The van der Waals surface area contributed by atoms with Gasteiger partial charge in [-0.2, -0.15) is 0 Å². The van der Waals surface area contributed by atoms with Crippen molar-refractivity contribution < 1.29 is 38.0 Å². The number of fused-ring (bicyclic) bond motifs is 1. The number of unbranched alkanes of at least 4 members (excludes halogenated alkanes) is 2. The van der Waals surface area contributed by atoms with Crippen LogP contribution < -0.4 is 10.6 Å². The molecular formula is C38H55FN2O7. The molecule has 48 heavy (non-hydrogen) atoms. The van der Waals surface area contributed by atoms with Crippen LogP contribution in [0, 0.1) is 17.7 Å². The van der Waals surface area contributed by atoms with Gasteiger partial charge < -0.3 is 39.5 Å². The topological polar surface area (TPSA) is 122 Å². The summed E-state index contributed by atoms with van der Waals surface area (Å²) in [5, 5.41) is 30.6.